The van der Waals surface area contributed by atoms with Gasteiger partial charge in [0, 0.05) is 25.7 Å². The van der Waals surface area contributed by atoms with E-state index in [1.165, 1.54) is 4.90 Å². The van der Waals surface area contributed by atoms with Crippen LogP contribution in [0.2, 0.25) is 0 Å². The van der Waals surface area contributed by atoms with Crippen LogP contribution in [0, 0.1) is 0 Å². The minimum absolute atomic E-state index is 0.0708. The molecule has 154 valence electrons. The largest absolute Gasteiger partial charge is 0.395 e. The molecule has 2 aliphatic heterocycles. The zero-order valence-electron chi connectivity index (χ0n) is 17.2. The number of carbonyl (C=O) groups is 2. The number of aliphatic hydroxyl groups is 1. The van der Waals surface area contributed by atoms with E-state index in [-0.39, 0.29) is 24.6 Å². The molecule has 2 aromatic rings. The molecule has 0 saturated carbocycles. The van der Waals surface area contributed by atoms with Crippen LogP contribution in [-0.4, -0.2) is 69.6 Å². The topological polar surface area (TPSA) is 64.1 Å². The molecule has 2 aliphatic rings. The van der Waals surface area contributed by atoms with Crippen molar-refractivity contribution in [3.8, 4) is 0 Å². The first-order chi connectivity index (χ1) is 14.0. The lowest BCUT2D eigenvalue weighted by molar-refractivity contribution is -0.136. The summed E-state index contributed by atoms with van der Waals surface area (Å²) in [7, 11) is 0. The molecule has 6 nitrogen and oxygen atoms in total. The Morgan fingerprint density at radius 1 is 1.07 bits per heavy atom. The van der Waals surface area contributed by atoms with Crippen LogP contribution >= 0.6 is 0 Å². The van der Waals surface area contributed by atoms with Crippen LogP contribution in [-0.2, 0) is 11.3 Å². The number of rotatable bonds is 5. The van der Waals surface area contributed by atoms with Crippen LogP contribution in [0.3, 0.4) is 0 Å². The third kappa shape index (κ3) is 3.20. The molecule has 0 bridgehead atoms. The molecule has 0 aromatic heterocycles. The molecule has 29 heavy (non-hydrogen) atoms. The first-order valence-electron chi connectivity index (χ1n) is 10.5. The van der Waals surface area contributed by atoms with Gasteiger partial charge in [-0.2, -0.15) is 0 Å². The summed E-state index contributed by atoms with van der Waals surface area (Å²) in [6, 6.07) is 14.0. The summed E-state index contributed by atoms with van der Waals surface area (Å²) in [5.74, 6) is -0.0754. The second-order valence-corrected chi connectivity index (χ2v) is 8.16. The summed E-state index contributed by atoms with van der Waals surface area (Å²) in [6.45, 7) is 6.27. The average Bonchev–Trinajstić information content (AvgIpc) is 2.94. The molecule has 1 atom stereocenters. The van der Waals surface area contributed by atoms with Gasteiger partial charge in [0.05, 0.1) is 13.2 Å². The van der Waals surface area contributed by atoms with Gasteiger partial charge in [0.15, 0.2) is 0 Å². The quantitative estimate of drug-likeness (QED) is 0.791. The van der Waals surface area contributed by atoms with Crippen LogP contribution in [0.1, 0.15) is 32.3 Å². The van der Waals surface area contributed by atoms with Gasteiger partial charge in [-0.15, -0.1) is 0 Å². The Kier molecular flexibility index (Phi) is 5.32. The Morgan fingerprint density at radius 3 is 2.45 bits per heavy atom. The lowest BCUT2D eigenvalue weighted by Crippen LogP contribution is -2.58. The molecule has 6 heteroatoms. The van der Waals surface area contributed by atoms with Gasteiger partial charge in [-0.3, -0.25) is 14.6 Å². The molecule has 3 amide bonds. The van der Waals surface area contributed by atoms with Crippen molar-refractivity contribution >= 4 is 22.7 Å². The SMILES string of the molecule is CCN1C(=O)N(Cc2cccc3ccccc23)C(=O)C12CCN([C@@H](C)CO)CC2. The molecular weight excluding hydrogens is 366 g/mol. The Bertz CT molecular complexity index is 915. The first-order valence-corrected chi connectivity index (χ1v) is 10.5. The molecule has 2 aromatic carbocycles. The van der Waals surface area contributed by atoms with Crippen molar-refractivity contribution in [2.75, 3.05) is 26.2 Å². The third-order valence-electron chi connectivity index (χ3n) is 6.66. The van der Waals surface area contributed by atoms with E-state index in [2.05, 4.69) is 4.90 Å². The van der Waals surface area contributed by atoms with Gasteiger partial charge in [0.25, 0.3) is 5.91 Å². The highest BCUT2D eigenvalue weighted by Crippen LogP contribution is 2.38. The first kappa shape index (κ1) is 19.9. The standard InChI is InChI=1S/C23H29N3O3/c1-3-26-22(29)25(15-19-9-6-8-18-7-4-5-10-20(18)19)21(28)23(26)11-13-24(14-12-23)17(2)16-27/h4-10,17,27H,3,11-16H2,1-2H3/t17-/m0/s1. The number of carbonyl (C=O) groups excluding carboxylic acids is 2. The summed E-state index contributed by atoms with van der Waals surface area (Å²) in [6.07, 6.45) is 1.23. The summed E-state index contributed by atoms with van der Waals surface area (Å²) in [4.78, 5) is 32.2. The average molecular weight is 396 g/mol. The van der Waals surface area contributed by atoms with E-state index in [0.29, 0.717) is 39.0 Å². The fourth-order valence-electron chi connectivity index (χ4n) is 4.89. The highest BCUT2D eigenvalue weighted by Gasteiger charge is 2.57. The van der Waals surface area contributed by atoms with Crippen molar-refractivity contribution in [1.82, 2.24) is 14.7 Å². The van der Waals surface area contributed by atoms with Crippen molar-refractivity contribution in [1.29, 1.82) is 0 Å². The number of likely N-dealkylation sites (N-methyl/N-ethyl adjacent to an activating group) is 1. The van der Waals surface area contributed by atoms with E-state index in [1.807, 2.05) is 56.3 Å². The molecule has 0 radical (unpaired) electrons. The molecule has 2 saturated heterocycles. The predicted molar refractivity (Wildman–Crippen MR) is 112 cm³/mol. The van der Waals surface area contributed by atoms with Crippen LogP contribution in [0.5, 0.6) is 0 Å². The molecule has 2 fully saturated rings. The van der Waals surface area contributed by atoms with E-state index in [0.717, 1.165) is 16.3 Å². The Morgan fingerprint density at radius 2 is 1.76 bits per heavy atom. The van der Waals surface area contributed by atoms with Gasteiger partial charge in [0.2, 0.25) is 0 Å². The van der Waals surface area contributed by atoms with Gasteiger partial charge in [-0.05, 0) is 43.0 Å². The van der Waals surface area contributed by atoms with Crippen molar-refractivity contribution in [3.05, 3.63) is 48.0 Å². The van der Waals surface area contributed by atoms with Crippen LogP contribution in [0.15, 0.2) is 42.5 Å². The zero-order valence-corrected chi connectivity index (χ0v) is 17.2. The normalized spacial score (nSPS) is 20.8. The van der Waals surface area contributed by atoms with Crippen LogP contribution < -0.4 is 0 Å². The zero-order chi connectivity index (χ0) is 20.6. The Balaban J connectivity index is 1.61. The summed E-state index contributed by atoms with van der Waals surface area (Å²) in [5.41, 5.74) is 0.242. The van der Waals surface area contributed by atoms with Crippen molar-refractivity contribution < 1.29 is 14.7 Å². The van der Waals surface area contributed by atoms with Crippen molar-refractivity contribution in [3.63, 3.8) is 0 Å². The molecule has 0 unspecified atom stereocenters. The highest BCUT2D eigenvalue weighted by atomic mass is 16.3. The van der Waals surface area contributed by atoms with Crippen LogP contribution in [0.25, 0.3) is 10.8 Å². The molecule has 0 aliphatic carbocycles. The number of urea groups is 1. The van der Waals surface area contributed by atoms with Crippen LogP contribution in [0.4, 0.5) is 4.79 Å². The summed E-state index contributed by atoms with van der Waals surface area (Å²) < 4.78 is 0. The maximum Gasteiger partial charge on any atom is 0.327 e. The molecule has 1 spiro atoms. The molecular formula is C23H29N3O3. The van der Waals surface area contributed by atoms with Gasteiger partial charge >= 0.3 is 6.03 Å². The maximum absolute atomic E-state index is 13.5. The monoisotopic (exact) mass is 395 g/mol. The molecule has 4 rings (SSSR count). The van der Waals surface area contributed by atoms with E-state index in [9.17, 15) is 14.7 Å². The molecule has 1 N–H and O–H groups in total. The number of piperidine rings is 1. The van der Waals surface area contributed by atoms with E-state index >= 15 is 0 Å². The smallest absolute Gasteiger partial charge is 0.327 e. The molecule has 2 heterocycles. The minimum Gasteiger partial charge on any atom is -0.395 e. The number of benzene rings is 2. The Hall–Kier alpha value is -2.44. The fraction of sp³-hybridized carbons (Fsp3) is 0.478. The van der Waals surface area contributed by atoms with Gasteiger partial charge in [0.1, 0.15) is 5.54 Å². The summed E-state index contributed by atoms with van der Waals surface area (Å²) in [5, 5.41) is 11.6. The number of nitrogens with zero attached hydrogens (tertiary/aromatic N) is 3. The number of likely N-dealkylation sites (tertiary alicyclic amines) is 1. The second kappa shape index (κ2) is 7.76. The second-order valence-electron chi connectivity index (χ2n) is 8.16. The Labute approximate surface area is 171 Å². The number of hydrogen-bond donors (Lipinski definition) is 1. The minimum atomic E-state index is -0.748. The van der Waals surface area contributed by atoms with Gasteiger partial charge < -0.3 is 10.0 Å². The lowest BCUT2D eigenvalue weighted by atomic mass is 9.85. The van der Waals surface area contributed by atoms with E-state index in [4.69, 9.17) is 0 Å². The van der Waals surface area contributed by atoms with Crippen molar-refractivity contribution in [2.24, 2.45) is 0 Å². The number of amides is 3. The lowest BCUT2D eigenvalue weighted by Gasteiger charge is -2.43. The fourth-order valence-corrected chi connectivity index (χ4v) is 4.89. The third-order valence-corrected chi connectivity index (χ3v) is 6.66. The van der Waals surface area contributed by atoms with Gasteiger partial charge in [-0.25, -0.2) is 4.79 Å². The van der Waals surface area contributed by atoms with E-state index < -0.39 is 5.54 Å². The highest BCUT2D eigenvalue weighted by molar-refractivity contribution is 6.07. The van der Waals surface area contributed by atoms with Gasteiger partial charge in [-0.1, -0.05) is 42.5 Å². The number of imide groups is 1. The number of fused-ring (bicyclic) bond motifs is 1. The number of hydrogen-bond acceptors (Lipinski definition) is 4. The van der Waals surface area contributed by atoms with E-state index in [1.54, 1.807) is 4.90 Å². The van der Waals surface area contributed by atoms with Crippen molar-refractivity contribution in [2.45, 2.75) is 44.8 Å². The summed E-state index contributed by atoms with van der Waals surface area (Å²) >= 11 is 0. The maximum atomic E-state index is 13.5. The predicted octanol–water partition coefficient (Wildman–Crippen LogP) is 2.84. The number of aliphatic hydroxyl groups excluding tert-OH is 1.